The van der Waals surface area contributed by atoms with Gasteiger partial charge in [0.05, 0.1) is 6.07 Å². The van der Waals surface area contributed by atoms with Crippen molar-refractivity contribution in [3.63, 3.8) is 0 Å². The Balaban J connectivity index is 3.98. The summed E-state index contributed by atoms with van der Waals surface area (Å²) in [7, 11) is 0. The first kappa shape index (κ1) is 10.9. The van der Waals surface area contributed by atoms with Crippen molar-refractivity contribution < 1.29 is 9.18 Å². The van der Waals surface area contributed by atoms with Gasteiger partial charge in [-0.15, -0.1) is 0 Å². The number of carbonyl (C=O) groups excluding carboxylic acids is 1. The fraction of sp³-hybridized carbons (Fsp3) is 0.750. The fourth-order valence-electron chi connectivity index (χ4n) is 0.628. The molecule has 68 valence electrons. The Morgan fingerprint density at radius 2 is 2.00 bits per heavy atom. The molecule has 0 aromatic rings. The van der Waals surface area contributed by atoms with Gasteiger partial charge in [0.2, 0.25) is 0 Å². The van der Waals surface area contributed by atoms with Crippen LogP contribution in [0.25, 0.3) is 0 Å². The van der Waals surface area contributed by atoms with Crippen LogP contribution in [0.15, 0.2) is 0 Å². The van der Waals surface area contributed by atoms with Gasteiger partial charge >= 0.3 is 0 Å². The second-order valence-electron chi connectivity index (χ2n) is 3.01. The van der Waals surface area contributed by atoms with E-state index in [1.807, 2.05) is 0 Å². The molecule has 0 rings (SSSR count). The molecule has 12 heavy (non-hydrogen) atoms. The maximum atomic E-state index is 12.9. The molecule has 1 N–H and O–H groups in total. The quantitative estimate of drug-likeness (QED) is 0.690. The van der Waals surface area contributed by atoms with E-state index >= 15 is 0 Å². The predicted octanol–water partition coefficient (Wildman–Crippen LogP) is 1.01. The Hall–Kier alpha value is -1.11. The van der Waals surface area contributed by atoms with Gasteiger partial charge in [0, 0.05) is 0 Å². The number of alkyl halides is 1. The van der Waals surface area contributed by atoms with Gasteiger partial charge in [0.15, 0.2) is 6.17 Å². The second-order valence-corrected chi connectivity index (χ2v) is 3.01. The first-order chi connectivity index (χ1) is 5.49. The van der Waals surface area contributed by atoms with Gasteiger partial charge in [0.1, 0.15) is 6.04 Å². The molecular formula is C8H13FN2O. The molecule has 0 aliphatic carbocycles. The molecule has 0 spiro atoms. The van der Waals surface area contributed by atoms with Crippen LogP contribution in [-0.2, 0) is 4.79 Å². The highest BCUT2D eigenvalue weighted by molar-refractivity contribution is 5.81. The lowest BCUT2D eigenvalue weighted by Crippen LogP contribution is -2.39. The first-order valence-corrected chi connectivity index (χ1v) is 3.83. The SMILES string of the molecule is CC(C#N)NC(=O)C(F)C(C)C. The smallest absolute Gasteiger partial charge is 0.255 e. The summed E-state index contributed by atoms with van der Waals surface area (Å²) in [4.78, 5) is 10.9. The maximum Gasteiger partial charge on any atom is 0.255 e. The van der Waals surface area contributed by atoms with Crippen LogP contribution in [-0.4, -0.2) is 18.1 Å². The summed E-state index contributed by atoms with van der Waals surface area (Å²) in [6, 6.07) is 1.16. The molecule has 1 amide bonds. The average molecular weight is 172 g/mol. The number of nitrogens with one attached hydrogen (secondary N) is 1. The molecule has 2 atom stereocenters. The molecule has 2 unspecified atom stereocenters. The molecule has 4 heteroatoms. The molecule has 0 aliphatic rings. The highest BCUT2D eigenvalue weighted by Gasteiger charge is 2.21. The monoisotopic (exact) mass is 172 g/mol. The summed E-state index contributed by atoms with van der Waals surface area (Å²) in [5, 5.41) is 10.6. The molecule has 0 aromatic heterocycles. The third-order valence-corrected chi connectivity index (χ3v) is 1.39. The van der Waals surface area contributed by atoms with Crippen molar-refractivity contribution in [2.24, 2.45) is 5.92 Å². The van der Waals surface area contributed by atoms with E-state index in [0.29, 0.717) is 0 Å². The van der Waals surface area contributed by atoms with Crippen molar-refractivity contribution in [1.29, 1.82) is 5.26 Å². The van der Waals surface area contributed by atoms with Crippen LogP contribution in [0, 0.1) is 17.2 Å². The van der Waals surface area contributed by atoms with Crippen molar-refractivity contribution >= 4 is 5.91 Å². The number of rotatable bonds is 3. The van der Waals surface area contributed by atoms with Crippen LogP contribution in [0.1, 0.15) is 20.8 Å². The summed E-state index contributed by atoms with van der Waals surface area (Å²) in [5.41, 5.74) is 0. The van der Waals surface area contributed by atoms with Gasteiger partial charge in [-0.2, -0.15) is 5.26 Å². The Labute approximate surface area is 71.6 Å². The standard InChI is InChI=1S/C8H13FN2O/c1-5(2)7(9)8(12)11-6(3)4-10/h5-7H,1-3H3,(H,11,12). The minimum atomic E-state index is -1.53. The minimum Gasteiger partial charge on any atom is -0.338 e. The van der Waals surface area contributed by atoms with Crippen LogP contribution in [0.3, 0.4) is 0 Å². The Kier molecular flexibility index (Phi) is 4.27. The number of nitriles is 1. The molecule has 0 bridgehead atoms. The third kappa shape index (κ3) is 3.33. The summed E-state index contributed by atoms with van der Waals surface area (Å²) in [6.07, 6.45) is -1.53. The van der Waals surface area contributed by atoms with Crippen LogP contribution in [0.2, 0.25) is 0 Å². The normalized spacial score (nSPS) is 15.0. The van der Waals surface area contributed by atoms with E-state index in [2.05, 4.69) is 5.32 Å². The zero-order valence-corrected chi connectivity index (χ0v) is 7.47. The molecule has 0 saturated carbocycles. The summed E-state index contributed by atoms with van der Waals surface area (Å²) in [5.74, 6) is -1.06. The van der Waals surface area contributed by atoms with E-state index in [1.54, 1.807) is 19.9 Å². The van der Waals surface area contributed by atoms with E-state index in [9.17, 15) is 9.18 Å². The predicted molar refractivity (Wildman–Crippen MR) is 43.0 cm³/mol. The number of hydrogen-bond donors (Lipinski definition) is 1. The van der Waals surface area contributed by atoms with E-state index in [0.717, 1.165) is 0 Å². The number of hydrogen-bond acceptors (Lipinski definition) is 2. The lowest BCUT2D eigenvalue weighted by atomic mass is 10.1. The van der Waals surface area contributed by atoms with Gasteiger partial charge in [-0.3, -0.25) is 4.79 Å². The van der Waals surface area contributed by atoms with E-state index in [-0.39, 0.29) is 5.92 Å². The van der Waals surface area contributed by atoms with Crippen molar-refractivity contribution in [3.8, 4) is 6.07 Å². The van der Waals surface area contributed by atoms with Gasteiger partial charge in [-0.05, 0) is 12.8 Å². The van der Waals surface area contributed by atoms with Gasteiger partial charge in [-0.1, -0.05) is 13.8 Å². The number of nitrogens with zero attached hydrogens (tertiary/aromatic N) is 1. The average Bonchev–Trinajstić information content (AvgIpc) is 2.02. The number of halogens is 1. The lowest BCUT2D eigenvalue weighted by molar-refractivity contribution is -0.127. The summed E-state index contributed by atoms with van der Waals surface area (Å²) >= 11 is 0. The van der Waals surface area contributed by atoms with E-state index in [4.69, 9.17) is 5.26 Å². The van der Waals surface area contributed by atoms with Crippen LogP contribution >= 0.6 is 0 Å². The molecule has 0 aliphatic heterocycles. The van der Waals surface area contributed by atoms with Gasteiger partial charge in [0.25, 0.3) is 5.91 Å². The van der Waals surface area contributed by atoms with Gasteiger partial charge in [-0.25, -0.2) is 4.39 Å². The molecule has 0 aromatic carbocycles. The Morgan fingerprint density at radius 3 is 2.33 bits per heavy atom. The number of carbonyl (C=O) groups is 1. The molecular weight excluding hydrogens is 159 g/mol. The molecule has 0 saturated heterocycles. The van der Waals surface area contributed by atoms with Crippen LogP contribution < -0.4 is 5.32 Å². The van der Waals surface area contributed by atoms with Crippen molar-refractivity contribution in [3.05, 3.63) is 0 Å². The molecule has 0 radical (unpaired) electrons. The third-order valence-electron chi connectivity index (χ3n) is 1.39. The Morgan fingerprint density at radius 1 is 1.50 bits per heavy atom. The Bertz CT molecular complexity index is 198. The lowest BCUT2D eigenvalue weighted by Gasteiger charge is -2.12. The van der Waals surface area contributed by atoms with Crippen LogP contribution in [0.4, 0.5) is 4.39 Å². The zero-order valence-electron chi connectivity index (χ0n) is 7.47. The van der Waals surface area contributed by atoms with Crippen molar-refractivity contribution in [2.75, 3.05) is 0 Å². The van der Waals surface area contributed by atoms with Crippen LogP contribution in [0.5, 0.6) is 0 Å². The zero-order chi connectivity index (χ0) is 9.72. The highest BCUT2D eigenvalue weighted by atomic mass is 19.1. The van der Waals surface area contributed by atoms with Crippen molar-refractivity contribution in [1.82, 2.24) is 5.32 Å². The second kappa shape index (κ2) is 4.70. The minimum absolute atomic E-state index is 0.351. The first-order valence-electron chi connectivity index (χ1n) is 3.83. The fourth-order valence-corrected chi connectivity index (χ4v) is 0.628. The summed E-state index contributed by atoms with van der Waals surface area (Å²) in [6.45, 7) is 4.73. The molecule has 0 heterocycles. The largest absolute Gasteiger partial charge is 0.338 e. The molecule has 0 fully saturated rings. The highest BCUT2D eigenvalue weighted by Crippen LogP contribution is 2.05. The topological polar surface area (TPSA) is 52.9 Å². The number of amides is 1. The van der Waals surface area contributed by atoms with E-state index in [1.165, 1.54) is 6.92 Å². The summed E-state index contributed by atoms with van der Waals surface area (Å²) < 4.78 is 12.9. The maximum absolute atomic E-state index is 12.9. The van der Waals surface area contributed by atoms with Crippen molar-refractivity contribution in [2.45, 2.75) is 33.0 Å². The van der Waals surface area contributed by atoms with E-state index < -0.39 is 18.1 Å². The molecule has 3 nitrogen and oxygen atoms in total. The van der Waals surface area contributed by atoms with Gasteiger partial charge < -0.3 is 5.32 Å².